The van der Waals surface area contributed by atoms with Gasteiger partial charge >= 0.3 is 5.97 Å². The van der Waals surface area contributed by atoms with Crippen molar-refractivity contribution in [3.8, 4) is 0 Å². The molecule has 0 saturated carbocycles. The summed E-state index contributed by atoms with van der Waals surface area (Å²) >= 11 is 5.73. The zero-order chi connectivity index (χ0) is 21.0. The van der Waals surface area contributed by atoms with Crippen LogP contribution >= 0.6 is 11.6 Å². The fourth-order valence-corrected chi connectivity index (χ4v) is 2.92. The Bertz CT molecular complexity index is 926. The first-order valence-electron chi connectivity index (χ1n) is 8.94. The fraction of sp³-hybridized carbons (Fsp3) is 0.250. The summed E-state index contributed by atoms with van der Waals surface area (Å²) in [6.45, 7) is 1.53. The largest absolute Gasteiger partial charge is 0.453 e. The second-order valence-corrected chi connectivity index (χ2v) is 6.83. The summed E-state index contributed by atoms with van der Waals surface area (Å²) in [6, 6.07) is 9.67. The number of nitrogens with one attached hydrogen (secondary N) is 1. The van der Waals surface area contributed by atoms with Gasteiger partial charge in [-0.15, -0.1) is 0 Å². The van der Waals surface area contributed by atoms with Crippen molar-refractivity contribution in [1.29, 1.82) is 0 Å². The topological polar surface area (TPSA) is 106 Å². The second-order valence-electron chi connectivity index (χ2n) is 6.39. The van der Waals surface area contributed by atoms with E-state index in [1.807, 2.05) is 0 Å². The first-order valence-corrected chi connectivity index (χ1v) is 9.31. The number of carbonyl (C=O) groups excluding carboxylic acids is 4. The van der Waals surface area contributed by atoms with Crippen LogP contribution in [0.4, 0.5) is 5.82 Å². The third-order valence-corrected chi connectivity index (χ3v) is 4.52. The van der Waals surface area contributed by atoms with Crippen molar-refractivity contribution in [3.63, 3.8) is 0 Å². The van der Waals surface area contributed by atoms with Gasteiger partial charge in [0.15, 0.2) is 6.10 Å². The summed E-state index contributed by atoms with van der Waals surface area (Å²) in [6.07, 6.45) is 0.550. The Kier molecular flexibility index (Phi) is 6.23. The summed E-state index contributed by atoms with van der Waals surface area (Å²) in [7, 11) is 0. The summed E-state index contributed by atoms with van der Waals surface area (Å²) in [4.78, 5) is 53.6. The van der Waals surface area contributed by atoms with Crippen molar-refractivity contribution in [3.05, 3.63) is 58.7 Å². The van der Waals surface area contributed by atoms with Gasteiger partial charge in [-0.25, -0.2) is 4.98 Å². The summed E-state index contributed by atoms with van der Waals surface area (Å²) < 4.78 is 5.10. The molecular weight excluding hydrogens is 398 g/mol. The van der Waals surface area contributed by atoms with E-state index in [-0.39, 0.29) is 37.0 Å². The van der Waals surface area contributed by atoms with Crippen LogP contribution in [0, 0.1) is 0 Å². The first kappa shape index (κ1) is 20.5. The van der Waals surface area contributed by atoms with Crippen LogP contribution in [0.3, 0.4) is 0 Å². The van der Waals surface area contributed by atoms with Crippen LogP contribution < -0.4 is 5.32 Å². The third-order valence-electron chi connectivity index (χ3n) is 4.30. The molecule has 150 valence electrons. The maximum Gasteiger partial charge on any atom is 0.306 e. The number of nitrogens with zero attached hydrogens (tertiary/aromatic N) is 2. The average Bonchev–Trinajstić information content (AvgIpc) is 2.95. The lowest BCUT2D eigenvalue weighted by atomic mass is 10.1. The fourth-order valence-electron chi connectivity index (χ4n) is 2.81. The quantitative estimate of drug-likeness (QED) is 0.550. The molecule has 1 aliphatic rings. The van der Waals surface area contributed by atoms with Crippen molar-refractivity contribution >= 4 is 41.1 Å². The molecule has 2 heterocycles. The van der Waals surface area contributed by atoms with Gasteiger partial charge < -0.3 is 10.1 Å². The zero-order valence-electron chi connectivity index (χ0n) is 15.6. The lowest BCUT2D eigenvalue weighted by Gasteiger charge is -2.15. The van der Waals surface area contributed by atoms with Crippen LogP contribution in [-0.2, 0) is 14.3 Å². The Hall–Kier alpha value is -3.26. The molecule has 3 amide bonds. The highest BCUT2D eigenvalue weighted by Crippen LogP contribution is 2.22. The number of anilines is 1. The average molecular weight is 416 g/mol. The molecular formula is C20H18ClN3O5. The van der Waals surface area contributed by atoms with E-state index in [0.717, 1.165) is 4.90 Å². The number of fused-ring (bicyclic) bond motifs is 1. The van der Waals surface area contributed by atoms with Crippen molar-refractivity contribution in [1.82, 2.24) is 9.88 Å². The minimum absolute atomic E-state index is 0.0375. The van der Waals surface area contributed by atoms with E-state index in [4.69, 9.17) is 16.3 Å². The molecule has 0 spiro atoms. The maximum absolute atomic E-state index is 12.3. The number of hydrogen-bond donors (Lipinski definition) is 1. The first-order chi connectivity index (χ1) is 13.9. The van der Waals surface area contributed by atoms with E-state index in [9.17, 15) is 19.2 Å². The SMILES string of the molecule is CC(OC(=O)CCCN1C(=O)c2ccccc2C1=O)C(=O)Nc1ccc(Cl)cn1. The summed E-state index contributed by atoms with van der Waals surface area (Å²) in [5, 5.41) is 2.94. The molecule has 1 aromatic heterocycles. The maximum atomic E-state index is 12.3. The number of benzene rings is 1. The highest BCUT2D eigenvalue weighted by atomic mass is 35.5. The van der Waals surface area contributed by atoms with E-state index in [2.05, 4.69) is 10.3 Å². The molecule has 0 radical (unpaired) electrons. The van der Waals surface area contributed by atoms with E-state index in [0.29, 0.717) is 16.1 Å². The molecule has 1 unspecified atom stereocenters. The van der Waals surface area contributed by atoms with Crippen molar-refractivity contribution in [2.75, 3.05) is 11.9 Å². The number of carbonyl (C=O) groups is 4. The van der Waals surface area contributed by atoms with Crippen LogP contribution in [0.2, 0.25) is 5.02 Å². The highest BCUT2D eigenvalue weighted by Gasteiger charge is 2.34. The smallest absolute Gasteiger partial charge is 0.306 e. The van der Waals surface area contributed by atoms with Gasteiger partial charge in [-0.05, 0) is 37.6 Å². The third kappa shape index (κ3) is 4.78. The molecule has 0 aliphatic carbocycles. The lowest BCUT2D eigenvalue weighted by molar-refractivity contribution is -0.153. The number of amides is 3. The molecule has 8 nitrogen and oxygen atoms in total. The predicted molar refractivity (Wildman–Crippen MR) is 104 cm³/mol. The van der Waals surface area contributed by atoms with Crippen LogP contribution in [0.15, 0.2) is 42.6 Å². The van der Waals surface area contributed by atoms with Crippen LogP contribution in [0.25, 0.3) is 0 Å². The molecule has 0 saturated heterocycles. The van der Waals surface area contributed by atoms with Crippen molar-refractivity contribution in [2.24, 2.45) is 0 Å². The van der Waals surface area contributed by atoms with E-state index in [1.165, 1.54) is 19.2 Å². The molecule has 2 aromatic rings. The van der Waals surface area contributed by atoms with Gasteiger partial charge in [-0.1, -0.05) is 23.7 Å². The number of rotatable bonds is 7. The van der Waals surface area contributed by atoms with Gasteiger partial charge in [0.2, 0.25) is 0 Å². The minimum atomic E-state index is -1.03. The molecule has 3 rings (SSSR count). The molecule has 1 aromatic carbocycles. The van der Waals surface area contributed by atoms with Crippen LogP contribution in [0.5, 0.6) is 0 Å². The van der Waals surface area contributed by atoms with Gasteiger partial charge in [0.1, 0.15) is 5.82 Å². The van der Waals surface area contributed by atoms with Gasteiger partial charge in [0.05, 0.1) is 16.1 Å². The normalized spacial score (nSPS) is 13.8. The molecule has 1 atom stereocenters. The van der Waals surface area contributed by atoms with Crippen LogP contribution in [-0.4, -0.2) is 46.2 Å². The Morgan fingerprint density at radius 1 is 1.14 bits per heavy atom. The minimum Gasteiger partial charge on any atom is -0.453 e. The Balaban J connectivity index is 1.44. The Morgan fingerprint density at radius 3 is 2.38 bits per heavy atom. The van der Waals surface area contributed by atoms with E-state index >= 15 is 0 Å². The standard InChI is InChI=1S/C20H18ClN3O5/c1-12(18(26)23-16-9-8-13(21)11-22-16)29-17(25)7-4-10-24-19(27)14-5-2-3-6-15(14)20(24)28/h2-3,5-6,8-9,11-12H,4,7,10H2,1H3,(H,22,23,26). The summed E-state index contributed by atoms with van der Waals surface area (Å²) in [5.41, 5.74) is 0.724. The number of halogens is 1. The monoisotopic (exact) mass is 415 g/mol. The number of pyridine rings is 1. The zero-order valence-corrected chi connectivity index (χ0v) is 16.3. The number of esters is 1. The molecule has 0 bridgehead atoms. The van der Waals surface area contributed by atoms with Crippen molar-refractivity contribution < 1.29 is 23.9 Å². The lowest BCUT2D eigenvalue weighted by Crippen LogP contribution is -2.32. The van der Waals surface area contributed by atoms with Crippen molar-refractivity contribution in [2.45, 2.75) is 25.9 Å². The summed E-state index contributed by atoms with van der Waals surface area (Å²) in [5.74, 6) is -1.60. The Labute approximate surface area is 171 Å². The Morgan fingerprint density at radius 2 is 1.79 bits per heavy atom. The van der Waals surface area contributed by atoms with E-state index in [1.54, 1.807) is 30.3 Å². The highest BCUT2D eigenvalue weighted by molar-refractivity contribution is 6.30. The van der Waals surface area contributed by atoms with E-state index < -0.39 is 18.0 Å². The molecule has 1 aliphatic heterocycles. The predicted octanol–water partition coefficient (Wildman–Crippen LogP) is 2.68. The molecule has 29 heavy (non-hydrogen) atoms. The number of hydrogen-bond acceptors (Lipinski definition) is 6. The number of aromatic nitrogens is 1. The second kappa shape index (κ2) is 8.83. The van der Waals surface area contributed by atoms with Gasteiger partial charge in [0.25, 0.3) is 17.7 Å². The van der Waals surface area contributed by atoms with Gasteiger partial charge in [-0.2, -0.15) is 0 Å². The number of ether oxygens (including phenoxy) is 1. The van der Waals surface area contributed by atoms with Gasteiger partial charge in [0, 0.05) is 19.2 Å². The molecule has 1 N–H and O–H groups in total. The molecule has 9 heteroatoms. The van der Waals surface area contributed by atoms with Gasteiger partial charge in [-0.3, -0.25) is 24.1 Å². The molecule has 0 fully saturated rings. The van der Waals surface area contributed by atoms with Crippen LogP contribution in [0.1, 0.15) is 40.5 Å². The number of imide groups is 1.